The number of fused-ring (bicyclic) bond motifs is 7. The summed E-state index contributed by atoms with van der Waals surface area (Å²) in [7, 11) is 2.08. The third kappa shape index (κ3) is 6.27. The van der Waals surface area contributed by atoms with Gasteiger partial charge in [0.25, 0.3) is 0 Å². The van der Waals surface area contributed by atoms with E-state index < -0.39 is 0 Å². The zero-order chi connectivity index (χ0) is 43.5. The van der Waals surface area contributed by atoms with E-state index in [1.165, 1.54) is 70.2 Å². The van der Waals surface area contributed by atoms with Gasteiger partial charge in [-0.25, -0.2) is 4.98 Å². The summed E-state index contributed by atoms with van der Waals surface area (Å²) in [5.74, 6) is 4.97. The Hall–Kier alpha value is -6.68. The third-order valence-electron chi connectivity index (χ3n) is 15.9. The summed E-state index contributed by atoms with van der Waals surface area (Å²) in [6.45, 7) is 2.11. The van der Waals surface area contributed by atoms with E-state index in [9.17, 15) is 0 Å². The van der Waals surface area contributed by atoms with Crippen LogP contribution in [0.5, 0.6) is 11.5 Å². The van der Waals surface area contributed by atoms with Crippen LogP contribution in [-0.2, 0) is 26.5 Å². The van der Waals surface area contributed by atoms with Gasteiger partial charge in [0.2, 0.25) is 0 Å². The fraction of sp³-hybridized carbons (Fsp3) is 0.180. The van der Waals surface area contributed by atoms with Crippen molar-refractivity contribution in [2.75, 3.05) is 16.8 Å². The van der Waals surface area contributed by atoms with Crippen molar-refractivity contribution in [3.63, 3.8) is 0 Å². The molecule has 8 aromatic carbocycles. The Morgan fingerprint density at radius 2 is 1.30 bits per heavy atom. The van der Waals surface area contributed by atoms with E-state index in [2.05, 4.69) is 210 Å². The van der Waals surface area contributed by atoms with Crippen molar-refractivity contribution in [3.8, 4) is 28.4 Å². The quantitative estimate of drug-likeness (QED) is 0.118. The number of rotatable bonds is 7. The first-order valence-electron chi connectivity index (χ1n) is 23.7. The summed E-state index contributed by atoms with van der Waals surface area (Å²) in [6, 6.07) is 69.2. The summed E-state index contributed by atoms with van der Waals surface area (Å²) in [5.41, 5.74) is 10.1. The molecule has 5 aliphatic rings. The molecule has 2 aromatic heterocycles. The van der Waals surface area contributed by atoms with Gasteiger partial charge in [-0.2, -0.15) is 12.7 Å². The van der Waals surface area contributed by atoms with Crippen molar-refractivity contribution >= 4 is 60.4 Å². The molecule has 4 fully saturated rings. The molecule has 15 rings (SSSR count). The minimum atomic E-state index is -0.122. The Kier molecular flexibility index (Phi) is 9.52. The molecule has 330 valence electrons. The van der Waals surface area contributed by atoms with Crippen LogP contribution < -0.4 is 14.5 Å². The summed E-state index contributed by atoms with van der Waals surface area (Å²) in [5, 5.41) is 7.66. The van der Waals surface area contributed by atoms with Crippen LogP contribution in [0.2, 0.25) is 0 Å². The molecule has 4 aliphatic carbocycles. The number of para-hydroxylation sites is 3. The van der Waals surface area contributed by atoms with Gasteiger partial charge in [-0.15, -0.1) is 47.0 Å². The number of aromatic nitrogens is 2. The average Bonchev–Trinajstić information content (AvgIpc) is 3.88. The second-order valence-electron chi connectivity index (χ2n) is 19.4. The van der Waals surface area contributed by atoms with Crippen molar-refractivity contribution in [1.82, 2.24) is 9.55 Å². The van der Waals surface area contributed by atoms with Gasteiger partial charge in [-0.3, -0.25) is 0 Å². The maximum absolute atomic E-state index is 6.88. The van der Waals surface area contributed by atoms with Gasteiger partial charge in [0, 0.05) is 61.1 Å². The van der Waals surface area contributed by atoms with Crippen LogP contribution in [0.3, 0.4) is 0 Å². The number of hydrogen-bond donors (Lipinski definition) is 0. The number of pyridine rings is 1. The van der Waals surface area contributed by atoms with E-state index >= 15 is 0 Å². The molecule has 0 amide bonds. The Morgan fingerprint density at radius 3 is 2.13 bits per heavy atom. The molecule has 5 nitrogen and oxygen atoms in total. The molecule has 3 heterocycles. The van der Waals surface area contributed by atoms with Crippen LogP contribution in [0.1, 0.15) is 43.2 Å². The normalized spacial score (nSPS) is 21.6. The van der Waals surface area contributed by atoms with Crippen LogP contribution in [0, 0.1) is 42.5 Å². The van der Waals surface area contributed by atoms with Crippen LogP contribution in [0.4, 0.5) is 17.1 Å². The molecule has 6 heteroatoms. The molecule has 0 unspecified atom stereocenters. The largest absolute Gasteiger partial charge is 0.509 e. The minimum Gasteiger partial charge on any atom is -0.509 e. The maximum atomic E-state index is 6.88. The van der Waals surface area contributed by atoms with Gasteiger partial charge < -0.3 is 19.1 Å². The second-order valence-corrected chi connectivity index (χ2v) is 19.4. The first-order chi connectivity index (χ1) is 32.6. The van der Waals surface area contributed by atoms with Gasteiger partial charge >= 0.3 is 0 Å². The number of benzene rings is 8. The number of nitrogens with zero attached hydrogens (tertiary/aromatic N) is 4. The van der Waals surface area contributed by atoms with Crippen molar-refractivity contribution in [1.29, 1.82) is 0 Å². The van der Waals surface area contributed by atoms with E-state index in [4.69, 9.17) is 9.72 Å². The first kappa shape index (κ1) is 40.6. The Morgan fingerprint density at radius 1 is 0.582 bits per heavy atom. The van der Waals surface area contributed by atoms with Crippen molar-refractivity contribution < 1.29 is 25.8 Å². The smallest absolute Gasteiger partial charge is 0.135 e. The van der Waals surface area contributed by atoms with Crippen LogP contribution >= 0.6 is 0 Å². The van der Waals surface area contributed by atoms with Crippen molar-refractivity contribution in [3.05, 3.63) is 206 Å². The Labute approximate surface area is 405 Å². The average molecular weight is 1050 g/mol. The predicted octanol–water partition coefficient (Wildman–Crippen LogP) is 15.0. The van der Waals surface area contributed by atoms with Crippen LogP contribution in [-0.4, -0.2) is 16.6 Å². The molecular weight excluding hydrogens is 1000 g/mol. The zero-order valence-corrected chi connectivity index (χ0v) is 39.5. The summed E-state index contributed by atoms with van der Waals surface area (Å²) >= 11 is 0. The van der Waals surface area contributed by atoms with Crippen molar-refractivity contribution in [2.24, 2.45) is 23.7 Å². The fourth-order valence-corrected chi connectivity index (χ4v) is 13.4. The van der Waals surface area contributed by atoms with E-state index in [0.717, 1.165) is 62.3 Å². The molecule has 0 spiro atoms. The zero-order valence-electron chi connectivity index (χ0n) is 37.2. The number of hydrogen-bond acceptors (Lipinski definition) is 4. The Balaban J connectivity index is 0.00000446. The van der Waals surface area contributed by atoms with Gasteiger partial charge in [0.05, 0.1) is 0 Å². The molecule has 0 saturated heterocycles. The van der Waals surface area contributed by atoms with Crippen LogP contribution in [0.25, 0.3) is 60.3 Å². The number of ether oxygens (including phenoxy) is 1. The summed E-state index contributed by atoms with van der Waals surface area (Å²) < 4.78 is 9.20. The summed E-state index contributed by atoms with van der Waals surface area (Å²) in [4.78, 5) is 9.58. The van der Waals surface area contributed by atoms with E-state index in [1.54, 1.807) is 0 Å². The van der Waals surface area contributed by atoms with E-state index in [1.807, 2.05) is 6.07 Å². The van der Waals surface area contributed by atoms with Gasteiger partial charge in [-0.05, 0) is 137 Å². The van der Waals surface area contributed by atoms with Crippen LogP contribution in [0.15, 0.2) is 176 Å². The standard InChI is InChI=1S/C61H47N4O.Pt/c1-63-38-64(58-21-10-9-20-57(58)63)47-33-43(41-12-3-2-4-13-41)34-49(36-47)66-48-23-25-54-53-16-7-8-19-56(53)65(59(54)37-48)60-35-44(26-27-62-60)61(45-29-39-28-40(31-45)32-46(61)30-39)55-18-11-17-51-50-15-6-5-14-42(50)22-24-52(51)55;/h2-27,33-35,38-40,45-46H,28-32H2,1H3;/q-3;. The monoisotopic (exact) mass is 1050 g/mol. The molecule has 4 saturated carbocycles. The van der Waals surface area contributed by atoms with E-state index in [-0.39, 0.29) is 26.5 Å². The molecule has 0 N–H and O–H groups in total. The predicted molar refractivity (Wildman–Crippen MR) is 269 cm³/mol. The molecule has 4 bridgehead atoms. The Bertz CT molecular complexity index is 3530. The van der Waals surface area contributed by atoms with Gasteiger partial charge in [0.15, 0.2) is 0 Å². The van der Waals surface area contributed by atoms with Gasteiger partial charge in [-0.1, -0.05) is 121 Å². The van der Waals surface area contributed by atoms with E-state index in [0.29, 0.717) is 23.3 Å². The topological polar surface area (TPSA) is 33.5 Å². The fourth-order valence-electron chi connectivity index (χ4n) is 13.4. The third-order valence-corrected chi connectivity index (χ3v) is 15.9. The maximum Gasteiger partial charge on any atom is 0.135 e. The molecule has 0 radical (unpaired) electrons. The van der Waals surface area contributed by atoms with Gasteiger partial charge in [0.1, 0.15) is 5.82 Å². The first-order valence-corrected chi connectivity index (χ1v) is 23.7. The molecular formula is C61H47N4OPt-3. The molecule has 0 atom stereocenters. The molecule has 67 heavy (non-hydrogen) atoms. The molecule has 10 aromatic rings. The number of anilines is 3. The summed E-state index contributed by atoms with van der Waals surface area (Å²) in [6.07, 6.45) is 8.66. The SMILES string of the molecule is CN1[CH-]N(c2[c-]c(Oc3[c-]c4c(cc3)c3ccccc3n4-c3cc(C4(c5cccc6c5ccc5ccccc56)C5CC6CC(C5)CC4C6)ccn3)cc(-c3ccccc3)c2)c2ccccc21.[Pt]. The van der Waals surface area contributed by atoms with Crippen molar-refractivity contribution in [2.45, 2.75) is 37.5 Å². The minimum absolute atomic E-state index is 0. The second kappa shape index (κ2) is 15.7. The molecule has 1 aliphatic heterocycles.